The SMILES string of the molecule is CCCCCCCCCCCCCCCCCCCCCCCC(O)C(=O)NC(CS(=O)(=O)O)C(O)CCCCCCCCCCCCCCCC. The molecule has 0 saturated heterocycles. The van der Waals surface area contributed by atoms with Crippen molar-refractivity contribution in [2.24, 2.45) is 0 Å². The summed E-state index contributed by atoms with van der Waals surface area (Å²) in [5.74, 6) is -1.44. The maximum atomic E-state index is 12.6. The molecule has 3 atom stereocenters. The van der Waals surface area contributed by atoms with Gasteiger partial charge in [0.25, 0.3) is 10.1 Å². The molecule has 0 aliphatic carbocycles. The van der Waals surface area contributed by atoms with Crippen LogP contribution in [0, 0.1) is 0 Å². The number of carbonyl (C=O) groups excluding carboxylic acids is 1. The number of unbranched alkanes of at least 4 members (excludes halogenated alkanes) is 33. The predicted octanol–water partition coefficient (Wildman–Crippen LogP) is 12.6. The molecule has 0 spiro atoms. The summed E-state index contributed by atoms with van der Waals surface area (Å²) in [6, 6.07) is -1.14. The van der Waals surface area contributed by atoms with E-state index in [9.17, 15) is 28.0 Å². The van der Waals surface area contributed by atoms with E-state index in [1.807, 2.05) is 0 Å². The van der Waals surface area contributed by atoms with Gasteiger partial charge in [0.15, 0.2) is 0 Å². The van der Waals surface area contributed by atoms with Gasteiger partial charge in [-0.15, -0.1) is 0 Å². The second-order valence-electron chi connectivity index (χ2n) is 16.2. The molecule has 0 rings (SSSR count). The molecule has 7 nitrogen and oxygen atoms in total. The normalized spacial score (nSPS) is 13.7. The average Bonchev–Trinajstić information content (AvgIpc) is 3.11. The van der Waals surface area contributed by atoms with E-state index in [-0.39, 0.29) is 0 Å². The molecule has 3 unspecified atom stereocenters. The van der Waals surface area contributed by atoms with Crippen LogP contribution in [0.3, 0.4) is 0 Å². The molecular formula is C44H89NO6S. The highest BCUT2D eigenvalue weighted by atomic mass is 32.2. The van der Waals surface area contributed by atoms with Crippen LogP contribution in [0.25, 0.3) is 0 Å². The molecule has 0 heterocycles. The van der Waals surface area contributed by atoms with Crippen molar-refractivity contribution in [1.82, 2.24) is 5.32 Å². The first kappa shape index (κ1) is 51.3. The van der Waals surface area contributed by atoms with Gasteiger partial charge in [0.1, 0.15) is 6.10 Å². The van der Waals surface area contributed by atoms with E-state index in [1.54, 1.807) is 0 Å². The highest BCUT2D eigenvalue weighted by molar-refractivity contribution is 7.85. The minimum Gasteiger partial charge on any atom is -0.391 e. The van der Waals surface area contributed by atoms with E-state index >= 15 is 0 Å². The van der Waals surface area contributed by atoms with Crippen LogP contribution in [0.1, 0.15) is 251 Å². The molecule has 0 aliphatic heterocycles. The van der Waals surface area contributed by atoms with E-state index in [4.69, 9.17) is 0 Å². The van der Waals surface area contributed by atoms with Gasteiger partial charge in [-0.1, -0.05) is 239 Å². The van der Waals surface area contributed by atoms with Crippen LogP contribution in [0.5, 0.6) is 0 Å². The molecule has 0 aromatic heterocycles. The Hall–Kier alpha value is -0.700. The Morgan fingerprint density at radius 2 is 0.692 bits per heavy atom. The maximum absolute atomic E-state index is 12.6. The number of carbonyl (C=O) groups is 1. The Balaban J connectivity index is 3.85. The minimum absolute atomic E-state index is 0.304. The number of aliphatic hydroxyl groups excluding tert-OH is 2. The monoisotopic (exact) mass is 760 g/mol. The molecular weight excluding hydrogens is 671 g/mol. The molecule has 0 aromatic carbocycles. The van der Waals surface area contributed by atoms with E-state index in [0.717, 1.165) is 44.9 Å². The number of hydrogen-bond acceptors (Lipinski definition) is 5. The molecule has 0 saturated carbocycles. The Morgan fingerprint density at radius 3 is 0.962 bits per heavy atom. The molecule has 52 heavy (non-hydrogen) atoms. The van der Waals surface area contributed by atoms with E-state index < -0.39 is 40.0 Å². The molecule has 0 bridgehead atoms. The first-order chi connectivity index (χ1) is 25.2. The Labute approximate surface area is 323 Å². The first-order valence-electron chi connectivity index (χ1n) is 22.8. The van der Waals surface area contributed by atoms with Crippen LogP contribution >= 0.6 is 0 Å². The van der Waals surface area contributed by atoms with Crippen molar-refractivity contribution in [3.05, 3.63) is 0 Å². The van der Waals surface area contributed by atoms with Crippen molar-refractivity contribution >= 4 is 16.0 Å². The highest BCUT2D eigenvalue weighted by Gasteiger charge is 2.28. The minimum atomic E-state index is -4.40. The zero-order chi connectivity index (χ0) is 38.4. The van der Waals surface area contributed by atoms with Gasteiger partial charge in [0, 0.05) is 0 Å². The molecule has 8 heteroatoms. The largest absolute Gasteiger partial charge is 0.391 e. The summed E-state index contributed by atoms with van der Waals surface area (Å²) in [5, 5.41) is 23.6. The molecule has 312 valence electrons. The lowest BCUT2D eigenvalue weighted by Gasteiger charge is -2.24. The van der Waals surface area contributed by atoms with Gasteiger partial charge in [0.2, 0.25) is 5.91 Å². The number of hydrogen-bond donors (Lipinski definition) is 4. The van der Waals surface area contributed by atoms with E-state index in [2.05, 4.69) is 19.2 Å². The van der Waals surface area contributed by atoms with E-state index in [0.29, 0.717) is 12.8 Å². The Bertz CT molecular complexity index is 854. The predicted molar refractivity (Wildman–Crippen MR) is 223 cm³/mol. The highest BCUT2D eigenvalue weighted by Crippen LogP contribution is 2.17. The number of rotatable bonds is 42. The van der Waals surface area contributed by atoms with Crippen molar-refractivity contribution in [3.63, 3.8) is 0 Å². The zero-order valence-corrected chi connectivity index (χ0v) is 35.4. The summed E-state index contributed by atoms with van der Waals surface area (Å²) < 4.78 is 32.6. The smallest absolute Gasteiger partial charge is 0.266 e. The third-order valence-corrected chi connectivity index (χ3v) is 11.7. The lowest BCUT2D eigenvalue weighted by Crippen LogP contribution is -2.50. The van der Waals surface area contributed by atoms with Crippen LogP contribution in [0.15, 0.2) is 0 Å². The molecule has 0 aromatic rings. The Kier molecular flexibility index (Phi) is 38.1. The first-order valence-corrected chi connectivity index (χ1v) is 24.4. The van der Waals surface area contributed by atoms with Crippen LogP contribution in [0.4, 0.5) is 0 Å². The van der Waals surface area contributed by atoms with Crippen molar-refractivity contribution in [1.29, 1.82) is 0 Å². The fraction of sp³-hybridized carbons (Fsp3) is 0.977. The van der Waals surface area contributed by atoms with Gasteiger partial charge in [-0.3, -0.25) is 9.35 Å². The molecule has 0 aliphatic rings. The third kappa shape index (κ3) is 37.6. The average molecular weight is 760 g/mol. The summed E-state index contributed by atoms with van der Waals surface area (Å²) in [6.45, 7) is 4.53. The standard InChI is InChI=1S/C44H89NO6S/c1-3-5-7-9-11-13-15-17-19-20-21-22-23-24-25-27-29-31-33-35-37-39-43(47)44(48)45-41(40-52(49,50)51)42(46)38-36-34-32-30-28-26-18-16-14-12-10-8-6-4-2/h41-43,46-47H,3-40H2,1-2H3,(H,45,48)(H,49,50,51). The number of amides is 1. The summed E-state index contributed by atoms with van der Waals surface area (Å²) in [4.78, 5) is 12.6. The zero-order valence-electron chi connectivity index (χ0n) is 34.6. The fourth-order valence-electron chi connectivity index (χ4n) is 7.40. The van der Waals surface area contributed by atoms with Crippen molar-refractivity contribution in [3.8, 4) is 0 Å². The molecule has 4 N–H and O–H groups in total. The molecule has 0 fully saturated rings. The van der Waals surface area contributed by atoms with Gasteiger partial charge in [0.05, 0.1) is 17.9 Å². The van der Waals surface area contributed by atoms with E-state index in [1.165, 1.54) is 180 Å². The van der Waals surface area contributed by atoms with Gasteiger partial charge in [-0.05, 0) is 12.8 Å². The number of nitrogens with one attached hydrogen (secondary N) is 1. The van der Waals surface area contributed by atoms with Crippen LogP contribution in [-0.2, 0) is 14.9 Å². The lowest BCUT2D eigenvalue weighted by atomic mass is 10.0. The number of aliphatic hydroxyl groups is 2. The Morgan fingerprint density at radius 1 is 0.442 bits per heavy atom. The summed E-state index contributed by atoms with van der Waals surface area (Å²) in [6.07, 6.45) is 42.7. The van der Waals surface area contributed by atoms with Crippen LogP contribution < -0.4 is 5.32 Å². The van der Waals surface area contributed by atoms with Gasteiger partial charge < -0.3 is 15.5 Å². The summed E-state index contributed by atoms with van der Waals surface area (Å²) >= 11 is 0. The maximum Gasteiger partial charge on any atom is 0.266 e. The second kappa shape index (κ2) is 38.6. The van der Waals surface area contributed by atoms with Crippen molar-refractivity contribution in [2.75, 3.05) is 5.75 Å². The summed E-state index contributed by atoms with van der Waals surface area (Å²) in [5.41, 5.74) is 0. The fourth-order valence-corrected chi connectivity index (χ4v) is 8.16. The molecule has 1 amide bonds. The van der Waals surface area contributed by atoms with Crippen LogP contribution in [0.2, 0.25) is 0 Å². The third-order valence-electron chi connectivity index (χ3n) is 10.9. The quantitative estimate of drug-likeness (QED) is 0.0363. The van der Waals surface area contributed by atoms with Crippen LogP contribution in [-0.4, -0.2) is 53.1 Å². The summed E-state index contributed by atoms with van der Waals surface area (Å²) in [7, 11) is -4.40. The van der Waals surface area contributed by atoms with Crippen molar-refractivity contribution < 1.29 is 28.0 Å². The molecule has 0 radical (unpaired) electrons. The van der Waals surface area contributed by atoms with Gasteiger partial charge in [-0.2, -0.15) is 8.42 Å². The topological polar surface area (TPSA) is 124 Å². The van der Waals surface area contributed by atoms with Crippen molar-refractivity contribution in [2.45, 2.75) is 270 Å². The second-order valence-corrected chi connectivity index (χ2v) is 17.7. The van der Waals surface area contributed by atoms with Gasteiger partial charge in [-0.25, -0.2) is 0 Å². The lowest BCUT2D eigenvalue weighted by molar-refractivity contribution is -0.131. The van der Waals surface area contributed by atoms with Gasteiger partial charge >= 0.3 is 0 Å².